The van der Waals surface area contributed by atoms with E-state index in [4.69, 9.17) is 4.74 Å². The normalized spacial score (nSPS) is 16.6. The average molecular weight is 333 g/mol. The number of aryl methyl sites for hydroxylation is 2. The van der Waals surface area contributed by atoms with E-state index in [9.17, 15) is 9.90 Å². The Bertz CT molecular complexity index is 595. The van der Waals surface area contributed by atoms with Crippen LogP contribution in [0.1, 0.15) is 11.1 Å². The molecule has 0 spiro atoms. The molecule has 1 unspecified atom stereocenters. The molecule has 1 heterocycles. The standard InChI is InChI=1S/C18H27N3O3/c1-5-17(22)20-6-8-21(9-7-20)18(23)12-19-15-10-13(2)14(3)11-16(15)24-4/h5,10-11,17,19,22H,1,6-9,12H2,2-4H3. The molecule has 1 fully saturated rings. The van der Waals surface area contributed by atoms with Crippen molar-refractivity contribution in [3.63, 3.8) is 0 Å². The van der Waals surface area contributed by atoms with Gasteiger partial charge < -0.3 is 20.1 Å². The number of aliphatic hydroxyl groups is 1. The summed E-state index contributed by atoms with van der Waals surface area (Å²) >= 11 is 0. The molecule has 24 heavy (non-hydrogen) atoms. The third-order valence-corrected chi connectivity index (χ3v) is 4.50. The molecular formula is C18H27N3O3. The van der Waals surface area contributed by atoms with Gasteiger partial charge in [0, 0.05) is 26.2 Å². The number of carbonyl (C=O) groups excluding carboxylic acids is 1. The van der Waals surface area contributed by atoms with Crippen LogP contribution in [-0.4, -0.2) is 66.9 Å². The average Bonchev–Trinajstić information content (AvgIpc) is 2.61. The van der Waals surface area contributed by atoms with Crippen molar-refractivity contribution < 1.29 is 14.6 Å². The van der Waals surface area contributed by atoms with Crippen molar-refractivity contribution in [1.82, 2.24) is 9.80 Å². The zero-order chi connectivity index (χ0) is 17.7. The van der Waals surface area contributed by atoms with Crippen LogP contribution in [0.2, 0.25) is 0 Å². The first-order valence-corrected chi connectivity index (χ1v) is 8.17. The fourth-order valence-electron chi connectivity index (χ4n) is 2.76. The molecule has 1 saturated heterocycles. The zero-order valence-electron chi connectivity index (χ0n) is 14.7. The van der Waals surface area contributed by atoms with Crippen molar-refractivity contribution in [3.05, 3.63) is 35.9 Å². The number of nitrogens with zero attached hydrogens (tertiary/aromatic N) is 2. The topological polar surface area (TPSA) is 65.0 Å². The molecule has 1 aromatic rings. The first-order valence-electron chi connectivity index (χ1n) is 8.17. The van der Waals surface area contributed by atoms with Crippen molar-refractivity contribution in [2.45, 2.75) is 20.1 Å². The Hall–Kier alpha value is -2.05. The van der Waals surface area contributed by atoms with Gasteiger partial charge in [-0.05, 0) is 43.2 Å². The Balaban J connectivity index is 1.90. The smallest absolute Gasteiger partial charge is 0.241 e. The Morgan fingerprint density at radius 2 is 1.96 bits per heavy atom. The fraction of sp³-hybridized carbons (Fsp3) is 0.500. The van der Waals surface area contributed by atoms with E-state index in [1.54, 1.807) is 7.11 Å². The Kier molecular flexibility index (Phi) is 6.23. The first kappa shape index (κ1) is 18.3. The molecule has 2 N–H and O–H groups in total. The lowest BCUT2D eigenvalue weighted by Gasteiger charge is -2.36. The maximum atomic E-state index is 12.4. The molecule has 1 aliphatic rings. The van der Waals surface area contributed by atoms with Gasteiger partial charge in [0.15, 0.2) is 0 Å². The number of anilines is 1. The van der Waals surface area contributed by atoms with Crippen LogP contribution in [0, 0.1) is 13.8 Å². The van der Waals surface area contributed by atoms with Gasteiger partial charge in [-0.2, -0.15) is 0 Å². The summed E-state index contributed by atoms with van der Waals surface area (Å²) in [5.41, 5.74) is 3.13. The molecular weight excluding hydrogens is 306 g/mol. The van der Waals surface area contributed by atoms with Crippen LogP contribution in [-0.2, 0) is 4.79 Å². The van der Waals surface area contributed by atoms with E-state index < -0.39 is 6.23 Å². The summed E-state index contributed by atoms with van der Waals surface area (Å²) in [7, 11) is 1.63. The molecule has 6 heteroatoms. The van der Waals surface area contributed by atoms with E-state index in [-0.39, 0.29) is 12.5 Å². The van der Waals surface area contributed by atoms with E-state index in [0.29, 0.717) is 26.2 Å². The third-order valence-electron chi connectivity index (χ3n) is 4.50. The summed E-state index contributed by atoms with van der Waals surface area (Å²) in [6.07, 6.45) is 0.866. The number of hydrogen-bond donors (Lipinski definition) is 2. The van der Waals surface area contributed by atoms with Crippen LogP contribution in [0.15, 0.2) is 24.8 Å². The molecule has 0 radical (unpaired) electrons. The predicted octanol–water partition coefficient (Wildman–Crippen LogP) is 1.37. The number of hydrogen-bond acceptors (Lipinski definition) is 5. The number of aliphatic hydroxyl groups excluding tert-OH is 1. The van der Waals surface area contributed by atoms with Crippen LogP contribution < -0.4 is 10.1 Å². The van der Waals surface area contributed by atoms with Crippen molar-refractivity contribution in [2.75, 3.05) is 45.2 Å². The van der Waals surface area contributed by atoms with Gasteiger partial charge >= 0.3 is 0 Å². The van der Waals surface area contributed by atoms with Crippen LogP contribution in [0.4, 0.5) is 5.69 Å². The number of rotatable bonds is 6. The van der Waals surface area contributed by atoms with E-state index in [0.717, 1.165) is 22.6 Å². The maximum Gasteiger partial charge on any atom is 0.241 e. The van der Waals surface area contributed by atoms with Gasteiger partial charge in [-0.1, -0.05) is 6.58 Å². The second-order valence-electron chi connectivity index (χ2n) is 6.06. The van der Waals surface area contributed by atoms with Gasteiger partial charge in [-0.25, -0.2) is 0 Å². The van der Waals surface area contributed by atoms with Gasteiger partial charge in [0.05, 0.1) is 19.3 Å². The largest absolute Gasteiger partial charge is 0.495 e. The quantitative estimate of drug-likeness (QED) is 0.770. The van der Waals surface area contributed by atoms with Crippen molar-refractivity contribution in [3.8, 4) is 5.75 Å². The SMILES string of the molecule is C=CC(O)N1CCN(C(=O)CNc2cc(C)c(C)cc2OC)CC1. The molecule has 0 aliphatic carbocycles. The second kappa shape index (κ2) is 8.17. The third kappa shape index (κ3) is 4.27. The number of carbonyl (C=O) groups is 1. The summed E-state index contributed by atoms with van der Waals surface area (Å²) in [5.74, 6) is 0.785. The molecule has 1 aromatic carbocycles. The number of piperazine rings is 1. The van der Waals surface area contributed by atoms with E-state index in [1.165, 1.54) is 6.08 Å². The maximum absolute atomic E-state index is 12.4. The molecule has 0 saturated carbocycles. The summed E-state index contributed by atoms with van der Waals surface area (Å²) in [6.45, 7) is 10.4. The predicted molar refractivity (Wildman–Crippen MR) is 95.3 cm³/mol. The molecule has 1 atom stereocenters. The van der Waals surface area contributed by atoms with Gasteiger partial charge in [0.25, 0.3) is 0 Å². The van der Waals surface area contributed by atoms with Gasteiger partial charge in [-0.15, -0.1) is 0 Å². The van der Waals surface area contributed by atoms with Gasteiger partial charge in [0.1, 0.15) is 12.0 Å². The second-order valence-corrected chi connectivity index (χ2v) is 6.06. The van der Waals surface area contributed by atoms with Crippen molar-refractivity contribution >= 4 is 11.6 Å². The fourth-order valence-corrected chi connectivity index (χ4v) is 2.76. The Morgan fingerprint density at radius 3 is 2.54 bits per heavy atom. The molecule has 0 bridgehead atoms. The van der Waals surface area contributed by atoms with Crippen LogP contribution in [0.3, 0.4) is 0 Å². The van der Waals surface area contributed by atoms with Gasteiger partial charge in [0.2, 0.25) is 5.91 Å². The molecule has 1 amide bonds. The highest BCUT2D eigenvalue weighted by molar-refractivity contribution is 5.81. The number of benzene rings is 1. The van der Waals surface area contributed by atoms with Crippen molar-refractivity contribution in [1.29, 1.82) is 0 Å². The molecule has 1 aliphatic heterocycles. The molecule has 0 aromatic heterocycles. The van der Waals surface area contributed by atoms with Crippen molar-refractivity contribution in [2.24, 2.45) is 0 Å². The number of ether oxygens (including phenoxy) is 1. The zero-order valence-corrected chi connectivity index (χ0v) is 14.7. The summed E-state index contributed by atoms with van der Waals surface area (Å²) in [4.78, 5) is 16.1. The Labute approximate surface area is 143 Å². The highest BCUT2D eigenvalue weighted by Gasteiger charge is 2.23. The summed E-state index contributed by atoms with van der Waals surface area (Å²) in [5, 5.41) is 12.9. The van der Waals surface area contributed by atoms with Crippen LogP contribution in [0.25, 0.3) is 0 Å². The van der Waals surface area contributed by atoms with E-state index >= 15 is 0 Å². The minimum Gasteiger partial charge on any atom is -0.495 e. The van der Waals surface area contributed by atoms with Crippen LogP contribution >= 0.6 is 0 Å². The summed E-state index contributed by atoms with van der Waals surface area (Å²) < 4.78 is 5.38. The number of amides is 1. The minimum absolute atomic E-state index is 0.0445. The highest BCUT2D eigenvalue weighted by Crippen LogP contribution is 2.27. The van der Waals surface area contributed by atoms with E-state index in [2.05, 4.69) is 11.9 Å². The van der Waals surface area contributed by atoms with Crippen LogP contribution in [0.5, 0.6) is 5.75 Å². The lowest BCUT2D eigenvalue weighted by Crippen LogP contribution is -2.52. The first-order chi connectivity index (χ1) is 11.5. The Morgan fingerprint density at radius 1 is 1.33 bits per heavy atom. The lowest BCUT2D eigenvalue weighted by molar-refractivity contribution is -0.132. The molecule has 132 valence electrons. The number of nitrogens with one attached hydrogen (secondary N) is 1. The lowest BCUT2D eigenvalue weighted by atomic mass is 10.1. The van der Waals surface area contributed by atoms with E-state index in [1.807, 2.05) is 35.8 Å². The minimum atomic E-state index is -0.639. The highest BCUT2D eigenvalue weighted by atomic mass is 16.5. The monoisotopic (exact) mass is 333 g/mol. The molecule has 2 rings (SSSR count). The number of methoxy groups -OCH3 is 1. The van der Waals surface area contributed by atoms with Gasteiger partial charge in [-0.3, -0.25) is 9.69 Å². The summed E-state index contributed by atoms with van der Waals surface area (Å²) in [6, 6.07) is 3.97. The molecule has 6 nitrogen and oxygen atoms in total.